The molecule has 0 bridgehead atoms. The molecule has 2 rings (SSSR count). The number of piperidine rings is 1. The van der Waals surface area contributed by atoms with Crippen LogP contribution in [0, 0.1) is 11.6 Å². The molecule has 0 aromatic heterocycles. The van der Waals surface area contributed by atoms with E-state index in [9.17, 15) is 25.6 Å². The standard InChI is InChI=1S/C12H16F2N2O4S2/c1-21(17,18)16-4-2-3-11(8-16)15-22(19,20)12-6-9(13)5-10(14)7-12/h5-7,11,15H,2-4,8H2,1H3. The van der Waals surface area contributed by atoms with Crippen molar-refractivity contribution in [2.75, 3.05) is 19.3 Å². The zero-order valence-corrected chi connectivity index (χ0v) is 13.4. The molecular formula is C12H16F2N2O4S2. The topological polar surface area (TPSA) is 83.6 Å². The van der Waals surface area contributed by atoms with Crippen LogP contribution in [0.2, 0.25) is 0 Å². The van der Waals surface area contributed by atoms with Gasteiger partial charge in [-0.3, -0.25) is 0 Å². The third-order valence-electron chi connectivity index (χ3n) is 3.32. The molecule has 124 valence electrons. The zero-order valence-electron chi connectivity index (χ0n) is 11.8. The Morgan fingerprint density at radius 2 is 1.73 bits per heavy atom. The van der Waals surface area contributed by atoms with E-state index >= 15 is 0 Å². The van der Waals surface area contributed by atoms with Crippen molar-refractivity contribution in [2.24, 2.45) is 0 Å². The van der Waals surface area contributed by atoms with Gasteiger partial charge in [0.25, 0.3) is 0 Å². The Hall–Kier alpha value is -1.10. The summed E-state index contributed by atoms with van der Waals surface area (Å²) < 4.78 is 77.1. The Bertz CT molecular complexity index is 745. The molecule has 1 atom stereocenters. The van der Waals surface area contributed by atoms with Gasteiger partial charge in [-0.25, -0.2) is 34.6 Å². The van der Waals surface area contributed by atoms with E-state index in [0.29, 0.717) is 37.6 Å². The molecule has 0 amide bonds. The molecule has 0 aliphatic carbocycles. The van der Waals surface area contributed by atoms with E-state index in [1.807, 2.05) is 0 Å². The van der Waals surface area contributed by atoms with Gasteiger partial charge in [-0.1, -0.05) is 0 Å². The van der Waals surface area contributed by atoms with Crippen molar-refractivity contribution in [1.82, 2.24) is 9.03 Å². The predicted octanol–water partition coefficient (Wildman–Crippen LogP) is 0.667. The summed E-state index contributed by atoms with van der Waals surface area (Å²) in [7, 11) is -7.54. The third kappa shape index (κ3) is 4.22. The Labute approximate surface area is 128 Å². The van der Waals surface area contributed by atoms with Crippen molar-refractivity contribution < 1.29 is 25.6 Å². The largest absolute Gasteiger partial charge is 0.241 e. The molecule has 10 heteroatoms. The van der Waals surface area contributed by atoms with Crippen LogP contribution in [0.15, 0.2) is 23.1 Å². The fraction of sp³-hybridized carbons (Fsp3) is 0.500. The molecule has 1 heterocycles. The first-order chi connectivity index (χ1) is 10.1. The number of halogens is 2. The number of sulfonamides is 2. The third-order valence-corrected chi connectivity index (χ3v) is 6.09. The zero-order chi connectivity index (χ0) is 16.5. The normalized spacial score (nSPS) is 21.0. The number of benzene rings is 1. The Balaban J connectivity index is 2.18. The van der Waals surface area contributed by atoms with Crippen LogP contribution in [0.5, 0.6) is 0 Å². The van der Waals surface area contributed by atoms with Crippen molar-refractivity contribution in [1.29, 1.82) is 0 Å². The predicted molar refractivity (Wildman–Crippen MR) is 76.1 cm³/mol. The van der Waals surface area contributed by atoms with Crippen molar-refractivity contribution >= 4 is 20.0 Å². The molecule has 0 saturated carbocycles. The fourth-order valence-electron chi connectivity index (χ4n) is 2.31. The van der Waals surface area contributed by atoms with Crippen molar-refractivity contribution in [2.45, 2.75) is 23.8 Å². The lowest BCUT2D eigenvalue weighted by Crippen LogP contribution is -2.49. The van der Waals surface area contributed by atoms with E-state index < -0.39 is 42.6 Å². The highest BCUT2D eigenvalue weighted by Gasteiger charge is 2.29. The Morgan fingerprint density at radius 3 is 2.27 bits per heavy atom. The lowest BCUT2D eigenvalue weighted by Gasteiger charge is -2.31. The summed E-state index contributed by atoms with van der Waals surface area (Å²) in [6.45, 7) is 0.321. The number of nitrogens with zero attached hydrogens (tertiary/aromatic N) is 1. The SMILES string of the molecule is CS(=O)(=O)N1CCCC(NS(=O)(=O)c2cc(F)cc(F)c2)C1. The highest BCUT2D eigenvalue weighted by atomic mass is 32.2. The van der Waals surface area contributed by atoms with Gasteiger partial charge in [0.1, 0.15) is 11.6 Å². The number of hydrogen-bond donors (Lipinski definition) is 1. The maximum atomic E-state index is 13.1. The van der Waals surface area contributed by atoms with Gasteiger partial charge in [0.05, 0.1) is 11.2 Å². The number of hydrogen-bond acceptors (Lipinski definition) is 4. The maximum Gasteiger partial charge on any atom is 0.241 e. The minimum Gasteiger partial charge on any atom is -0.213 e. The van der Waals surface area contributed by atoms with Gasteiger partial charge in [-0.05, 0) is 25.0 Å². The quantitative estimate of drug-likeness (QED) is 0.861. The second-order valence-electron chi connectivity index (χ2n) is 5.19. The molecule has 0 radical (unpaired) electrons. The van der Waals surface area contributed by atoms with Crippen molar-refractivity contribution in [3.8, 4) is 0 Å². The van der Waals surface area contributed by atoms with Crippen LogP contribution in [0.1, 0.15) is 12.8 Å². The molecule has 1 aliphatic rings. The van der Waals surface area contributed by atoms with Crippen LogP contribution in [0.25, 0.3) is 0 Å². The van der Waals surface area contributed by atoms with E-state index in [0.717, 1.165) is 6.26 Å². The summed E-state index contributed by atoms with van der Waals surface area (Å²) in [4.78, 5) is -0.526. The molecule has 22 heavy (non-hydrogen) atoms. The lowest BCUT2D eigenvalue weighted by molar-refractivity contribution is 0.305. The highest BCUT2D eigenvalue weighted by Crippen LogP contribution is 2.18. The summed E-state index contributed by atoms with van der Waals surface area (Å²) in [5.41, 5.74) is 0. The van der Waals surface area contributed by atoms with Gasteiger partial charge in [0, 0.05) is 25.2 Å². The molecule has 1 aliphatic heterocycles. The summed E-state index contributed by atoms with van der Waals surface area (Å²) >= 11 is 0. The average Bonchev–Trinajstić information content (AvgIpc) is 2.36. The van der Waals surface area contributed by atoms with Gasteiger partial charge in [-0.15, -0.1) is 0 Å². The lowest BCUT2D eigenvalue weighted by atomic mass is 10.1. The molecule has 0 spiro atoms. The van der Waals surface area contributed by atoms with Gasteiger partial charge in [-0.2, -0.15) is 0 Å². The second kappa shape index (κ2) is 6.19. The molecule has 1 saturated heterocycles. The van der Waals surface area contributed by atoms with E-state index in [1.165, 1.54) is 4.31 Å². The van der Waals surface area contributed by atoms with E-state index in [1.54, 1.807) is 0 Å². The highest BCUT2D eigenvalue weighted by molar-refractivity contribution is 7.89. The Kier molecular flexibility index (Phi) is 4.85. The summed E-state index contributed by atoms with van der Waals surface area (Å²) in [5.74, 6) is -2.00. The summed E-state index contributed by atoms with van der Waals surface area (Å²) in [5, 5.41) is 0. The first kappa shape index (κ1) is 17.3. The van der Waals surface area contributed by atoms with E-state index in [2.05, 4.69) is 4.72 Å². The van der Waals surface area contributed by atoms with Crippen LogP contribution in [0.4, 0.5) is 8.78 Å². The smallest absolute Gasteiger partial charge is 0.213 e. The molecule has 6 nitrogen and oxygen atoms in total. The van der Waals surface area contributed by atoms with Gasteiger partial charge < -0.3 is 0 Å². The monoisotopic (exact) mass is 354 g/mol. The van der Waals surface area contributed by atoms with Crippen molar-refractivity contribution in [3.63, 3.8) is 0 Å². The van der Waals surface area contributed by atoms with Gasteiger partial charge in [0.15, 0.2) is 0 Å². The molecule has 1 N–H and O–H groups in total. The molecule has 1 fully saturated rings. The minimum atomic E-state index is -4.13. The molecule has 1 aromatic carbocycles. The van der Waals surface area contributed by atoms with Gasteiger partial charge in [0.2, 0.25) is 20.0 Å². The second-order valence-corrected chi connectivity index (χ2v) is 8.88. The first-order valence-electron chi connectivity index (χ1n) is 6.51. The molecule has 1 unspecified atom stereocenters. The summed E-state index contributed by atoms with van der Waals surface area (Å²) in [6.07, 6.45) is 1.99. The van der Waals surface area contributed by atoms with Crippen molar-refractivity contribution in [3.05, 3.63) is 29.8 Å². The molecule has 1 aromatic rings. The maximum absolute atomic E-state index is 13.1. The molecular weight excluding hydrogens is 338 g/mol. The summed E-state index contributed by atoms with van der Waals surface area (Å²) in [6, 6.07) is 1.36. The van der Waals surface area contributed by atoms with Gasteiger partial charge >= 0.3 is 0 Å². The van der Waals surface area contributed by atoms with E-state index in [-0.39, 0.29) is 6.54 Å². The van der Waals surface area contributed by atoms with Crippen LogP contribution < -0.4 is 4.72 Å². The Morgan fingerprint density at radius 1 is 1.14 bits per heavy atom. The average molecular weight is 354 g/mol. The van der Waals surface area contributed by atoms with Crippen LogP contribution in [0.3, 0.4) is 0 Å². The number of rotatable bonds is 4. The first-order valence-corrected chi connectivity index (χ1v) is 9.84. The van der Waals surface area contributed by atoms with Crippen LogP contribution in [-0.4, -0.2) is 46.5 Å². The van der Waals surface area contributed by atoms with Crippen LogP contribution >= 0.6 is 0 Å². The fourth-order valence-corrected chi connectivity index (χ4v) is 4.53. The van der Waals surface area contributed by atoms with Crippen LogP contribution in [-0.2, 0) is 20.0 Å². The number of nitrogens with one attached hydrogen (secondary N) is 1. The minimum absolute atomic E-state index is 0.00411. The van der Waals surface area contributed by atoms with E-state index in [4.69, 9.17) is 0 Å².